The third kappa shape index (κ3) is 7.84. The van der Waals surface area contributed by atoms with Crippen molar-refractivity contribution < 1.29 is 47.9 Å². The summed E-state index contributed by atoms with van der Waals surface area (Å²) in [6.07, 6.45) is -1.49. The summed E-state index contributed by atoms with van der Waals surface area (Å²) in [4.78, 5) is 36.1. The number of hydrogen-bond acceptors (Lipinski definition) is 9. The largest absolute Gasteiger partial charge is 0.488 e. The second-order valence-corrected chi connectivity index (χ2v) is 9.42. The number of carboxylic acid groups (broad SMARTS) is 1. The van der Waals surface area contributed by atoms with Crippen molar-refractivity contribution >= 4 is 39.5 Å². The number of rotatable bonds is 15. The summed E-state index contributed by atoms with van der Waals surface area (Å²) in [5.74, 6) is -1.46. The highest BCUT2D eigenvalue weighted by Gasteiger charge is 2.23. The first-order valence-corrected chi connectivity index (χ1v) is 12.8. The van der Waals surface area contributed by atoms with Gasteiger partial charge in [0.2, 0.25) is 0 Å². The number of hydrogen-bond donors (Lipinski definition) is 1. The second kappa shape index (κ2) is 14.3. The van der Waals surface area contributed by atoms with Crippen LogP contribution in [0.15, 0.2) is 66.8 Å². The van der Waals surface area contributed by atoms with E-state index < -0.39 is 30.1 Å². The molecular formula is C31H34O10. The minimum Gasteiger partial charge on any atom is -0.488 e. The maximum absolute atomic E-state index is 12.1. The SMILES string of the molecule is C=C(C)C(=O)OC(COC)COc1c2ccccc2c(OCC(COC)OC(=O)C(=C)C)c2cc(C(=O)O)ccc12. The average Bonchev–Trinajstić information content (AvgIpc) is 2.94. The summed E-state index contributed by atoms with van der Waals surface area (Å²) in [7, 11) is 2.96. The van der Waals surface area contributed by atoms with Crippen LogP contribution in [0.5, 0.6) is 11.5 Å². The smallest absolute Gasteiger partial charge is 0.335 e. The van der Waals surface area contributed by atoms with Crippen LogP contribution in [0.25, 0.3) is 21.5 Å². The molecule has 10 nitrogen and oxygen atoms in total. The lowest BCUT2D eigenvalue weighted by Gasteiger charge is -2.22. The topological polar surface area (TPSA) is 127 Å². The van der Waals surface area contributed by atoms with Crippen molar-refractivity contribution in [3.63, 3.8) is 0 Å². The number of fused-ring (bicyclic) bond motifs is 2. The van der Waals surface area contributed by atoms with Crippen molar-refractivity contribution in [2.24, 2.45) is 0 Å². The first-order chi connectivity index (χ1) is 19.6. The van der Waals surface area contributed by atoms with E-state index in [0.29, 0.717) is 33.0 Å². The van der Waals surface area contributed by atoms with Gasteiger partial charge in [-0.1, -0.05) is 37.4 Å². The Labute approximate surface area is 238 Å². The Morgan fingerprint density at radius 2 is 1.15 bits per heavy atom. The third-order valence-corrected chi connectivity index (χ3v) is 5.95. The van der Waals surface area contributed by atoms with E-state index in [9.17, 15) is 19.5 Å². The Morgan fingerprint density at radius 1 is 0.707 bits per heavy atom. The Balaban J connectivity index is 2.09. The number of carbonyl (C=O) groups is 3. The van der Waals surface area contributed by atoms with Crippen LogP contribution in [0.2, 0.25) is 0 Å². The van der Waals surface area contributed by atoms with E-state index in [1.165, 1.54) is 33.3 Å². The van der Waals surface area contributed by atoms with Crippen molar-refractivity contribution in [2.75, 3.05) is 40.6 Å². The van der Waals surface area contributed by atoms with Gasteiger partial charge in [0.1, 0.15) is 24.7 Å². The molecule has 218 valence electrons. The van der Waals surface area contributed by atoms with Crippen LogP contribution in [-0.4, -0.2) is 75.9 Å². The number of ether oxygens (including phenoxy) is 6. The fourth-order valence-electron chi connectivity index (χ4n) is 4.00. The molecule has 0 aliphatic carbocycles. The average molecular weight is 567 g/mol. The highest BCUT2D eigenvalue weighted by molar-refractivity contribution is 6.12. The van der Waals surface area contributed by atoms with Crippen LogP contribution < -0.4 is 9.47 Å². The molecular weight excluding hydrogens is 532 g/mol. The maximum atomic E-state index is 12.1. The molecule has 0 spiro atoms. The van der Waals surface area contributed by atoms with Gasteiger partial charge < -0.3 is 33.5 Å². The fourth-order valence-corrected chi connectivity index (χ4v) is 4.00. The first kappa shape index (κ1) is 31.1. The van der Waals surface area contributed by atoms with Crippen LogP contribution >= 0.6 is 0 Å². The number of methoxy groups -OCH3 is 2. The Hall–Kier alpha value is -4.41. The van der Waals surface area contributed by atoms with E-state index in [0.717, 1.165) is 0 Å². The lowest BCUT2D eigenvalue weighted by molar-refractivity contribution is -0.149. The number of aromatic carboxylic acids is 1. The molecule has 0 aliphatic rings. The quantitative estimate of drug-likeness (QED) is 0.157. The van der Waals surface area contributed by atoms with Crippen LogP contribution in [0, 0.1) is 0 Å². The highest BCUT2D eigenvalue weighted by atomic mass is 16.6. The Bertz CT molecular complexity index is 1460. The molecule has 10 heteroatoms. The zero-order valence-electron chi connectivity index (χ0n) is 23.6. The molecule has 0 aliphatic heterocycles. The van der Waals surface area contributed by atoms with Crippen LogP contribution in [0.4, 0.5) is 0 Å². The maximum Gasteiger partial charge on any atom is 0.335 e. The van der Waals surface area contributed by atoms with Gasteiger partial charge >= 0.3 is 17.9 Å². The summed E-state index contributed by atoms with van der Waals surface area (Å²) in [6.45, 7) is 10.3. The molecule has 3 rings (SSSR count). The van der Waals surface area contributed by atoms with Gasteiger partial charge in [0, 0.05) is 46.9 Å². The van der Waals surface area contributed by atoms with Crippen LogP contribution in [0.1, 0.15) is 24.2 Å². The normalized spacial score (nSPS) is 12.4. The minimum atomic E-state index is -1.12. The van der Waals surface area contributed by atoms with Gasteiger partial charge in [-0.25, -0.2) is 14.4 Å². The van der Waals surface area contributed by atoms with Crippen LogP contribution in [0.3, 0.4) is 0 Å². The molecule has 3 aromatic carbocycles. The predicted molar refractivity (Wildman–Crippen MR) is 153 cm³/mol. The van der Waals surface area contributed by atoms with E-state index in [1.54, 1.807) is 13.0 Å². The van der Waals surface area contributed by atoms with Crippen molar-refractivity contribution in [2.45, 2.75) is 26.1 Å². The number of carboxylic acids is 1. The van der Waals surface area contributed by atoms with E-state index in [4.69, 9.17) is 28.4 Å². The Kier molecular flexibility index (Phi) is 10.8. The van der Waals surface area contributed by atoms with Gasteiger partial charge in [-0.2, -0.15) is 0 Å². The van der Waals surface area contributed by atoms with Crippen molar-refractivity contribution in [1.29, 1.82) is 0 Å². The summed E-state index contributed by atoms with van der Waals surface area (Å²) in [6, 6.07) is 11.9. The minimum absolute atomic E-state index is 0.0402. The van der Waals surface area contributed by atoms with Gasteiger partial charge in [0.15, 0.2) is 12.2 Å². The molecule has 0 aromatic heterocycles. The summed E-state index contributed by atoms with van der Waals surface area (Å²) in [5.41, 5.74) is 0.513. The van der Waals surface area contributed by atoms with E-state index in [2.05, 4.69) is 13.2 Å². The van der Waals surface area contributed by atoms with Crippen molar-refractivity contribution in [3.05, 3.63) is 72.3 Å². The van der Waals surface area contributed by atoms with Gasteiger partial charge in [0.05, 0.1) is 18.8 Å². The third-order valence-electron chi connectivity index (χ3n) is 5.95. The lowest BCUT2D eigenvalue weighted by atomic mass is 9.98. The van der Waals surface area contributed by atoms with E-state index in [1.807, 2.05) is 24.3 Å². The van der Waals surface area contributed by atoms with Crippen LogP contribution in [-0.2, 0) is 28.5 Å². The molecule has 0 bridgehead atoms. The zero-order chi connectivity index (χ0) is 30.1. The highest BCUT2D eigenvalue weighted by Crippen LogP contribution is 2.43. The molecule has 1 N–H and O–H groups in total. The fraction of sp³-hybridized carbons (Fsp3) is 0.323. The van der Waals surface area contributed by atoms with Crippen molar-refractivity contribution in [1.82, 2.24) is 0 Å². The molecule has 0 saturated heterocycles. The summed E-state index contributed by atoms with van der Waals surface area (Å²) in [5, 5.41) is 12.0. The second-order valence-electron chi connectivity index (χ2n) is 9.42. The van der Waals surface area contributed by atoms with E-state index in [-0.39, 0.29) is 43.1 Å². The number of benzene rings is 3. The molecule has 41 heavy (non-hydrogen) atoms. The predicted octanol–water partition coefficient (Wildman–Crippen LogP) is 4.72. The van der Waals surface area contributed by atoms with E-state index >= 15 is 0 Å². The standard InChI is InChI=1S/C31H34O10/c1-18(2)30(34)40-21(14-36-5)16-38-27-23-9-7-8-10-24(23)28(26-13-20(29(32)33)11-12-25(26)27)39-17-22(15-37-6)41-31(35)19(3)4/h7-13,21-22H,1,3,14-17H2,2,4-6H3,(H,32,33). The monoisotopic (exact) mass is 566 g/mol. The summed E-state index contributed by atoms with van der Waals surface area (Å²) < 4.78 is 33.8. The van der Waals surface area contributed by atoms with Crippen molar-refractivity contribution in [3.8, 4) is 11.5 Å². The number of carbonyl (C=O) groups excluding carboxylic acids is 2. The van der Waals surface area contributed by atoms with Gasteiger partial charge in [-0.15, -0.1) is 0 Å². The molecule has 0 saturated carbocycles. The summed E-state index contributed by atoms with van der Waals surface area (Å²) >= 11 is 0. The Morgan fingerprint density at radius 3 is 1.56 bits per heavy atom. The van der Waals surface area contributed by atoms with Gasteiger partial charge in [-0.3, -0.25) is 0 Å². The molecule has 2 atom stereocenters. The molecule has 0 amide bonds. The number of esters is 2. The molecule has 0 fully saturated rings. The molecule has 3 aromatic rings. The molecule has 2 unspecified atom stereocenters. The lowest BCUT2D eigenvalue weighted by Crippen LogP contribution is -2.30. The molecule has 0 heterocycles. The van der Waals surface area contributed by atoms with Gasteiger partial charge in [-0.05, 0) is 32.0 Å². The molecule has 0 radical (unpaired) electrons. The van der Waals surface area contributed by atoms with Gasteiger partial charge in [0.25, 0.3) is 0 Å². The first-order valence-electron chi connectivity index (χ1n) is 12.8. The zero-order valence-corrected chi connectivity index (χ0v) is 23.6.